The smallest absolute Gasteiger partial charge is 0.271 e. The third kappa shape index (κ3) is 4.58. The summed E-state index contributed by atoms with van der Waals surface area (Å²) in [5.41, 5.74) is 2.80. The van der Waals surface area contributed by atoms with Crippen LogP contribution in [0.3, 0.4) is 0 Å². The lowest BCUT2D eigenvalue weighted by Gasteiger charge is -2.26. The van der Waals surface area contributed by atoms with E-state index >= 15 is 0 Å². The highest BCUT2D eigenvalue weighted by Crippen LogP contribution is 2.19. The van der Waals surface area contributed by atoms with Gasteiger partial charge in [-0.3, -0.25) is 14.8 Å². The number of H-pyrrole nitrogens is 1. The van der Waals surface area contributed by atoms with E-state index in [1.165, 1.54) is 55.6 Å². The van der Waals surface area contributed by atoms with Crippen LogP contribution in [0.15, 0.2) is 36.0 Å². The Morgan fingerprint density at radius 1 is 1.15 bits per heavy atom. The van der Waals surface area contributed by atoms with E-state index in [-0.39, 0.29) is 5.91 Å². The van der Waals surface area contributed by atoms with E-state index < -0.39 is 0 Å². The molecule has 0 atom stereocenters. The predicted molar refractivity (Wildman–Crippen MR) is 104 cm³/mol. The van der Waals surface area contributed by atoms with Gasteiger partial charge < -0.3 is 5.32 Å². The van der Waals surface area contributed by atoms with Gasteiger partial charge in [-0.15, -0.1) is 11.3 Å². The summed E-state index contributed by atoms with van der Waals surface area (Å²) in [4.78, 5) is 23.2. The molecular formula is C19H22N6OS. The number of piperidine rings is 1. The van der Waals surface area contributed by atoms with E-state index in [1.807, 2.05) is 0 Å². The number of thiazole rings is 1. The van der Waals surface area contributed by atoms with Crippen molar-refractivity contribution in [2.45, 2.75) is 32.4 Å². The van der Waals surface area contributed by atoms with Crippen LogP contribution in [0.4, 0.5) is 0 Å². The van der Waals surface area contributed by atoms with Crippen molar-refractivity contribution in [2.24, 2.45) is 0 Å². The Morgan fingerprint density at radius 3 is 2.67 bits per heavy atom. The lowest BCUT2D eigenvalue weighted by Crippen LogP contribution is -2.29. The van der Waals surface area contributed by atoms with E-state index in [9.17, 15) is 4.79 Å². The zero-order valence-electron chi connectivity index (χ0n) is 15.0. The number of benzene rings is 1. The minimum atomic E-state index is -0.186. The molecule has 1 aliphatic rings. The highest BCUT2D eigenvalue weighted by molar-refractivity contribution is 7.13. The van der Waals surface area contributed by atoms with E-state index in [0.29, 0.717) is 23.1 Å². The first-order valence-corrected chi connectivity index (χ1v) is 10.1. The summed E-state index contributed by atoms with van der Waals surface area (Å²) >= 11 is 1.37. The third-order valence-corrected chi connectivity index (χ3v) is 5.53. The molecule has 1 aliphatic heterocycles. The summed E-state index contributed by atoms with van der Waals surface area (Å²) in [6.45, 7) is 3.89. The number of likely N-dealkylation sites (tertiary alicyclic amines) is 1. The molecule has 8 heteroatoms. The van der Waals surface area contributed by atoms with Gasteiger partial charge in [0.25, 0.3) is 5.91 Å². The topological polar surface area (TPSA) is 86.8 Å². The van der Waals surface area contributed by atoms with Crippen molar-refractivity contribution < 1.29 is 4.79 Å². The molecule has 0 bridgehead atoms. The van der Waals surface area contributed by atoms with Crippen molar-refractivity contribution in [1.29, 1.82) is 0 Å². The standard InChI is InChI=1S/C19H22N6OS/c26-18(16-12-27-19(23-16)17-21-13-22-24-17)20-10-14-4-6-15(7-5-14)11-25-8-2-1-3-9-25/h4-7,12-13H,1-3,8-11H2,(H,20,26)(H,21,22,24). The number of carbonyl (C=O) groups excluding carboxylic acids is 1. The molecule has 0 radical (unpaired) electrons. The number of aromatic amines is 1. The molecule has 1 fully saturated rings. The molecule has 0 unspecified atom stereocenters. The van der Waals surface area contributed by atoms with Gasteiger partial charge in [-0.1, -0.05) is 30.7 Å². The Labute approximate surface area is 161 Å². The predicted octanol–water partition coefficient (Wildman–Crippen LogP) is 2.84. The number of carbonyl (C=O) groups is 1. The van der Waals surface area contributed by atoms with Crippen LogP contribution in [-0.2, 0) is 13.1 Å². The quantitative estimate of drug-likeness (QED) is 0.685. The fraction of sp³-hybridized carbons (Fsp3) is 0.368. The molecule has 2 aromatic heterocycles. The normalized spacial score (nSPS) is 15.0. The van der Waals surface area contributed by atoms with Crippen LogP contribution in [0, 0.1) is 0 Å². The average Bonchev–Trinajstić information content (AvgIpc) is 3.40. The van der Waals surface area contributed by atoms with Crippen LogP contribution < -0.4 is 5.32 Å². The molecule has 0 saturated carbocycles. The van der Waals surface area contributed by atoms with Gasteiger partial charge in [0, 0.05) is 18.5 Å². The van der Waals surface area contributed by atoms with Crippen LogP contribution in [0.25, 0.3) is 10.8 Å². The van der Waals surface area contributed by atoms with Crippen molar-refractivity contribution in [2.75, 3.05) is 13.1 Å². The Hall–Kier alpha value is -2.58. The average molecular weight is 382 g/mol. The summed E-state index contributed by atoms with van der Waals surface area (Å²) < 4.78 is 0. The van der Waals surface area contributed by atoms with Crippen LogP contribution >= 0.6 is 11.3 Å². The van der Waals surface area contributed by atoms with Crippen molar-refractivity contribution >= 4 is 17.2 Å². The SMILES string of the molecule is O=C(NCc1ccc(CN2CCCCC2)cc1)c1csc(-c2ncn[nH]2)n1. The van der Waals surface area contributed by atoms with Gasteiger partial charge in [0.15, 0.2) is 10.8 Å². The van der Waals surface area contributed by atoms with Gasteiger partial charge in [0.05, 0.1) is 0 Å². The minimum absolute atomic E-state index is 0.186. The summed E-state index contributed by atoms with van der Waals surface area (Å²) in [7, 11) is 0. The molecule has 3 aromatic rings. The molecule has 140 valence electrons. The van der Waals surface area contributed by atoms with Crippen molar-refractivity contribution in [3.05, 3.63) is 52.8 Å². The third-order valence-electron chi connectivity index (χ3n) is 4.69. The number of amides is 1. The first-order chi connectivity index (χ1) is 13.3. The zero-order valence-corrected chi connectivity index (χ0v) is 15.8. The highest BCUT2D eigenvalue weighted by atomic mass is 32.1. The summed E-state index contributed by atoms with van der Waals surface area (Å²) in [5, 5.41) is 11.9. The molecule has 27 heavy (non-hydrogen) atoms. The lowest BCUT2D eigenvalue weighted by molar-refractivity contribution is 0.0946. The Morgan fingerprint density at radius 2 is 1.93 bits per heavy atom. The Balaban J connectivity index is 1.30. The maximum atomic E-state index is 12.3. The molecule has 4 rings (SSSR count). The van der Waals surface area contributed by atoms with Crippen LogP contribution in [0.5, 0.6) is 0 Å². The number of aromatic nitrogens is 4. The maximum Gasteiger partial charge on any atom is 0.271 e. The molecule has 1 amide bonds. The van der Waals surface area contributed by atoms with Crippen molar-refractivity contribution in [3.8, 4) is 10.8 Å². The van der Waals surface area contributed by atoms with E-state index in [1.54, 1.807) is 5.38 Å². The number of rotatable bonds is 6. The maximum absolute atomic E-state index is 12.3. The van der Waals surface area contributed by atoms with Gasteiger partial charge in [-0.2, -0.15) is 5.10 Å². The fourth-order valence-electron chi connectivity index (χ4n) is 3.21. The van der Waals surface area contributed by atoms with Crippen LogP contribution in [0.1, 0.15) is 40.9 Å². The first-order valence-electron chi connectivity index (χ1n) is 9.17. The zero-order chi connectivity index (χ0) is 18.5. The molecule has 0 aliphatic carbocycles. The highest BCUT2D eigenvalue weighted by Gasteiger charge is 2.13. The Kier molecular flexibility index (Phi) is 5.55. The largest absolute Gasteiger partial charge is 0.347 e. The number of hydrogen-bond acceptors (Lipinski definition) is 6. The van der Waals surface area contributed by atoms with Gasteiger partial charge in [0.2, 0.25) is 0 Å². The molecule has 2 N–H and O–H groups in total. The van der Waals surface area contributed by atoms with Crippen LogP contribution in [-0.4, -0.2) is 44.1 Å². The monoisotopic (exact) mass is 382 g/mol. The molecule has 3 heterocycles. The van der Waals surface area contributed by atoms with Gasteiger partial charge in [0.1, 0.15) is 12.0 Å². The minimum Gasteiger partial charge on any atom is -0.347 e. The molecule has 1 aromatic carbocycles. The molecule has 1 saturated heterocycles. The Bertz CT molecular complexity index is 868. The van der Waals surface area contributed by atoms with E-state index in [4.69, 9.17) is 0 Å². The second-order valence-corrected chi connectivity index (χ2v) is 7.57. The van der Waals surface area contributed by atoms with Gasteiger partial charge in [-0.05, 0) is 37.1 Å². The van der Waals surface area contributed by atoms with Crippen LogP contribution in [0.2, 0.25) is 0 Å². The summed E-state index contributed by atoms with van der Waals surface area (Å²) in [5.74, 6) is 0.387. The lowest BCUT2D eigenvalue weighted by atomic mass is 10.1. The second-order valence-electron chi connectivity index (χ2n) is 6.71. The first kappa shape index (κ1) is 17.8. The number of nitrogens with zero attached hydrogens (tertiary/aromatic N) is 4. The summed E-state index contributed by atoms with van der Waals surface area (Å²) in [6.07, 6.45) is 5.39. The fourth-order valence-corrected chi connectivity index (χ4v) is 3.95. The summed E-state index contributed by atoms with van der Waals surface area (Å²) in [6, 6.07) is 8.48. The molecular weight excluding hydrogens is 360 g/mol. The number of nitrogens with one attached hydrogen (secondary N) is 2. The molecule has 0 spiro atoms. The second kappa shape index (κ2) is 8.41. The van der Waals surface area contributed by atoms with Crippen molar-refractivity contribution in [1.82, 2.24) is 30.4 Å². The van der Waals surface area contributed by atoms with Gasteiger partial charge in [-0.25, -0.2) is 9.97 Å². The van der Waals surface area contributed by atoms with E-state index in [2.05, 4.69) is 54.6 Å². The van der Waals surface area contributed by atoms with Gasteiger partial charge >= 0.3 is 0 Å². The number of hydrogen-bond donors (Lipinski definition) is 2. The van der Waals surface area contributed by atoms with Crippen molar-refractivity contribution in [3.63, 3.8) is 0 Å². The van der Waals surface area contributed by atoms with E-state index in [0.717, 1.165) is 12.1 Å². The molecule has 7 nitrogen and oxygen atoms in total.